The molecule has 4 aromatic carbocycles. The van der Waals surface area contributed by atoms with Gasteiger partial charge in [-0.25, -0.2) is 0 Å². The van der Waals surface area contributed by atoms with Crippen LogP contribution in [0, 0.1) is 0 Å². The topological polar surface area (TPSA) is 115 Å². The van der Waals surface area contributed by atoms with E-state index in [1.54, 1.807) is 23.1 Å². The quantitative estimate of drug-likeness (QED) is 0.106. The first-order chi connectivity index (χ1) is 24.9. The zero-order chi connectivity index (χ0) is 37.5. The molecule has 0 amide bonds. The molecule has 12 heteroatoms. The molecule has 0 atom stereocenters. The molecule has 0 fully saturated rings. The van der Waals surface area contributed by atoms with E-state index in [-0.39, 0.29) is 17.9 Å². The molecule has 52 heavy (non-hydrogen) atoms. The minimum absolute atomic E-state index is 0.270. The van der Waals surface area contributed by atoms with Crippen molar-refractivity contribution < 1.29 is 25.9 Å². The highest BCUT2D eigenvalue weighted by atomic mass is 32.2. The van der Waals surface area contributed by atoms with Gasteiger partial charge < -0.3 is 9.80 Å². The number of hydrogen-bond acceptors (Lipinski definition) is 8. The van der Waals surface area contributed by atoms with E-state index in [0.29, 0.717) is 19.4 Å². The van der Waals surface area contributed by atoms with E-state index in [4.69, 9.17) is 0 Å². The molecule has 278 valence electrons. The van der Waals surface area contributed by atoms with Crippen molar-refractivity contribution in [2.24, 2.45) is 0 Å². The van der Waals surface area contributed by atoms with Crippen LogP contribution in [0.1, 0.15) is 57.4 Å². The third-order valence-corrected chi connectivity index (χ3v) is 13.2. The largest absolute Gasteiger partial charge is 0.334 e. The highest BCUT2D eigenvalue weighted by Crippen LogP contribution is 2.50. The van der Waals surface area contributed by atoms with Gasteiger partial charge in [0.05, 0.1) is 22.2 Å². The first kappa shape index (κ1) is 40.0. The van der Waals surface area contributed by atoms with Gasteiger partial charge in [-0.1, -0.05) is 100 Å². The van der Waals surface area contributed by atoms with Crippen LogP contribution < -0.4 is 4.90 Å². The van der Waals surface area contributed by atoms with Crippen LogP contribution in [0.4, 0.5) is 5.69 Å². The Morgan fingerprint density at radius 2 is 1.37 bits per heavy atom. The summed E-state index contributed by atoms with van der Waals surface area (Å²) in [5.41, 5.74) is 3.17. The Hall–Kier alpha value is -3.23. The summed E-state index contributed by atoms with van der Waals surface area (Å²) < 4.78 is 66.2. The van der Waals surface area contributed by atoms with E-state index in [2.05, 4.69) is 98.2 Å². The number of anilines is 1. The van der Waals surface area contributed by atoms with Crippen molar-refractivity contribution in [1.82, 2.24) is 4.90 Å². The van der Waals surface area contributed by atoms with Gasteiger partial charge in [0.1, 0.15) is 0 Å². The molecule has 5 aromatic rings. The van der Waals surface area contributed by atoms with Gasteiger partial charge in [0.2, 0.25) is 0 Å². The molecular formula is C40H48N2O6S4. The molecule has 2 N–H and O–H groups in total. The summed E-state index contributed by atoms with van der Waals surface area (Å²) >= 11 is 3.31. The molecule has 1 aromatic heterocycles. The monoisotopic (exact) mass is 780 g/mol. The van der Waals surface area contributed by atoms with Crippen molar-refractivity contribution in [2.75, 3.05) is 42.6 Å². The van der Waals surface area contributed by atoms with E-state index in [1.807, 2.05) is 24.3 Å². The Kier molecular flexibility index (Phi) is 13.6. The summed E-state index contributed by atoms with van der Waals surface area (Å²) in [7, 11) is -8.17. The maximum absolute atomic E-state index is 11.6. The molecule has 0 aliphatic carbocycles. The minimum atomic E-state index is -4.09. The molecule has 0 radical (unpaired) electrons. The maximum Gasteiger partial charge on any atom is 0.264 e. The van der Waals surface area contributed by atoms with Crippen molar-refractivity contribution in [1.29, 1.82) is 0 Å². The third kappa shape index (κ3) is 10.0. The molecule has 0 saturated carbocycles. The van der Waals surface area contributed by atoms with Gasteiger partial charge in [-0.2, -0.15) is 16.8 Å². The Labute approximate surface area is 316 Å². The smallest absolute Gasteiger partial charge is 0.264 e. The van der Waals surface area contributed by atoms with Crippen LogP contribution in [0.15, 0.2) is 94.4 Å². The number of aryl methyl sites for hydroxylation is 1. The summed E-state index contributed by atoms with van der Waals surface area (Å²) in [6.07, 6.45) is 6.13. The van der Waals surface area contributed by atoms with E-state index >= 15 is 0 Å². The Morgan fingerprint density at radius 1 is 0.769 bits per heavy atom. The van der Waals surface area contributed by atoms with Crippen LogP contribution in [0.2, 0.25) is 0 Å². The number of benzene rings is 4. The van der Waals surface area contributed by atoms with Crippen molar-refractivity contribution in [2.45, 2.75) is 58.3 Å². The lowest BCUT2D eigenvalue weighted by molar-refractivity contribution is 0.321. The molecule has 0 bridgehead atoms. The van der Waals surface area contributed by atoms with Gasteiger partial charge in [0, 0.05) is 31.8 Å². The van der Waals surface area contributed by atoms with Gasteiger partial charge in [0.15, 0.2) is 0 Å². The van der Waals surface area contributed by atoms with Crippen molar-refractivity contribution >= 4 is 86.7 Å². The first-order valence-electron chi connectivity index (χ1n) is 17.8. The molecule has 8 nitrogen and oxygen atoms in total. The lowest BCUT2D eigenvalue weighted by Gasteiger charge is -2.22. The summed E-state index contributed by atoms with van der Waals surface area (Å²) in [5, 5.41) is 6.49. The second-order valence-corrected chi connectivity index (χ2v) is 18.0. The van der Waals surface area contributed by atoms with E-state index in [1.165, 1.54) is 19.6 Å². The fourth-order valence-electron chi connectivity index (χ4n) is 6.60. The Bertz CT molecular complexity index is 2300. The van der Waals surface area contributed by atoms with Crippen LogP contribution in [0.25, 0.3) is 37.7 Å². The van der Waals surface area contributed by atoms with Gasteiger partial charge in [-0.05, 0) is 96.9 Å². The molecule has 2 heterocycles. The van der Waals surface area contributed by atoms with Crippen LogP contribution in [-0.4, -0.2) is 68.5 Å². The van der Waals surface area contributed by atoms with Crippen LogP contribution in [0.3, 0.4) is 0 Å². The standard InChI is InChI=1S/C34H33NO6S4.C6H15N/c1-2-23(21-31-28(13-7-19-44(36,37)38)33-26-11-5-3-9-24(26)14-16-29(33)42-31)22-32-35(18-8-20-45(39,40)41)34-27-12-6-4-10-25(27)15-17-30(34)43-32;1-4-7(5-2)6-3/h3-6,9-12,14-17,21-22H,2,7-8,13,18-20H2,1H3,(H,36,37,38)(H,39,40,41);4-6H2,1-3H3/b23-21+,32-22-;. The van der Waals surface area contributed by atoms with E-state index in [0.717, 1.165) is 69.7 Å². The number of thiophene rings is 1. The maximum atomic E-state index is 11.6. The third-order valence-electron chi connectivity index (χ3n) is 9.31. The lowest BCUT2D eigenvalue weighted by atomic mass is 9.99. The molecule has 0 saturated heterocycles. The minimum Gasteiger partial charge on any atom is -0.334 e. The molecule has 1 aliphatic rings. The Balaban J connectivity index is 0.000000679. The molecule has 1 aliphatic heterocycles. The number of hydrogen-bond donors (Lipinski definition) is 2. The molecule has 0 unspecified atom stereocenters. The van der Waals surface area contributed by atoms with Crippen LogP contribution in [-0.2, 0) is 26.7 Å². The summed E-state index contributed by atoms with van der Waals surface area (Å²) in [4.78, 5) is 6.67. The lowest BCUT2D eigenvalue weighted by Crippen LogP contribution is -2.22. The van der Waals surface area contributed by atoms with Crippen molar-refractivity contribution in [3.63, 3.8) is 0 Å². The first-order valence-corrected chi connectivity index (χ1v) is 22.7. The number of rotatable bonds is 14. The summed E-state index contributed by atoms with van der Waals surface area (Å²) in [6.45, 7) is 12.6. The summed E-state index contributed by atoms with van der Waals surface area (Å²) in [6, 6.07) is 24.7. The normalized spacial score (nSPS) is 14.5. The highest BCUT2D eigenvalue weighted by molar-refractivity contribution is 8.03. The second-order valence-electron chi connectivity index (χ2n) is 12.7. The van der Waals surface area contributed by atoms with Gasteiger partial charge >= 0.3 is 0 Å². The predicted octanol–water partition coefficient (Wildman–Crippen LogP) is 9.90. The molecular weight excluding hydrogens is 733 g/mol. The van der Waals surface area contributed by atoms with Crippen LogP contribution in [0.5, 0.6) is 0 Å². The van der Waals surface area contributed by atoms with Crippen LogP contribution >= 0.6 is 23.1 Å². The van der Waals surface area contributed by atoms with Gasteiger partial charge in [-0.15, -0.1) is 11.3 Å². The van der Waals surface area contributed by atoms with Gasteiger partial charge in [0.25, 0.3) is 20.2 Å². The number of allylic oxidation sites excluding steroid dienone is 2. The van der Waals surface area contributed by atoms with Crippen molar-refractivity contribution in [3.8, 4) is 0 Å². The van der Waals surface area contributed by atoms with Crippen molar-refractivity contribution in [3.05, 3.63) is 99.9 Å². The summed E-state index contributed by atoms with van der Waals surface area (Å²) in [5.74, 6) is -0.620. The zero-order valence-electron chi connectivity index (χ0n) is 30.2. The number of thioether (sulfide) groups is 1. The zero-order valence-corrected chi connectivity index (χ0v) is 33.5. The average molecular weight is 781 g/mol. The number of nitrogens with zero attached hydrogens (tertiary/aromatic N) is 2. The number of fused-ring (bicyclic) bond motifs is 6. The van der Waals surface area contributed by atoms with E-state index in [9.17, 15) is 25.9 Å². The molecule has 6 rings (SSSR count). The predicted molar refractivity (Wildman–Crippen MR) is 222 cm³/mol. The second kappa shape index (κ2) is 17.7. The molecule has 0 spiro atoms. The fraction of sp³-hybridized carbons (Fsp3) is 0.350. The fourth-order valence-corrected chi connectivity index (χ4v) is 10.0. The highest BCUT2D eigenvalue weighted by Gasteiger charge is 2.27. The van der Waals surface area contributed by atoms with E-state index < -0.39 is 20.2 Å². The van der Waals surface area contributed by atoms with Gasteiger partial charge in [-0.3, -0.25) is 9.11 Å². The SMILES string of the molecule is CCC(/C=C1\Sc2ccc3ccccc3c2N1CCCS(=O)(=O)O)=C\c1sc2ccc3ccccc3c2c1CCCS(=O)(=O)O.CCN(CC)CC. The average Bonchev–Trinajstić information content (AvgIpc) is 3.65. The Morgan fingerprint density at radius 3 is 1.98 bits per heavy atom.